The van der Waals surface area contributed by atoms with Crippen LogP contribution in [0.5, 0.6) is 11.6 Å². The lowest BCUT2D eigenvalue weighted by Gasteiger charge is -2.10. The highest BCUT2D eigenvalue weighted by Crippen LogP contribution is 2.35. The lowest BCUT2D eigenvalue weighted by Crippen LogP contribution is -1.98. The van der Waals surface area contributed by atoms with Crippen LogP contribution < -0.4 is 10.1 Å². The van der Waals surface area contributed by atoms with Gasteiger partial charge >= 0.3 is 0 Å². The molecule has 0 aliphatic heterocycles. The van der Waals surface area contributed by atoms with E-state index in [1.165, 1.54) is 4.88 Å². The van der Waals surface area contributed by atoms with Gasteiger partial charge in [-0.1, -0.05) is 22.0 Å². The first-order valence-corrected chi connectivity index (χ1v) is 8.07. The molecule has 1 N–H and O–H groups in total. The Morgan fingerprint density at radius 3 is 2.76 bits per heavy atom. The van der Waals surface area contributed by atoms with E-state index in [2.05, 4.69) is 44.2 Å². The summed E-state index contributed by atoms with van der Waals surface area (Å²) in [6.45, 7) is 4.07. The standard InChI is InChI=1S/C15H14BrN3OS/c1-8-4-5-10(16)7-12(8)20-13-11-6-9(2)21-14(11)19-15(17-3)18-13/h4-7H,1-3H3,(H,17,18,19). The smallest absolute Gasteiger partial charge is 0.232 e. The van der Waals surface area contributed by atoms with Crippen molar-refractivity contribution in [1.82, 2.24) is 9.97 Å². The van der Waals surface area contributed by atoms with Crippen LogP contribution in [0.3, 0.4) is 0 Å². The van der Waals surface area contributed by atoms with Gasteiger partial charge in [-0.15, -0.1) is 11.3 Å². The molecule has 6 heteroatoms. The predicted molar refractivity (Wildman–Crippen MR) is 90.7 cm³/mol. The van der Waals surface area contributed by atoms with E-state index in [1.807, 2.05) is 25.1 Å². The molecular weight excluding hydrogens is 350 g/mol. The maximum absolute atomic E-state index is 6.04. The zero-order valence-corrected chi connectivity index (χ0v) is 14.3. The van der Waals surface area contributed by atoms with E-state index in [9.17, 15) is 0 Å². The largest absolute Gasteiger partial charge is 0.438 e. The number of nitrogens with zero attached hydrogens (tertiary/aromatic N) is 2. The molecule has 0 amide bonds. The average Bonchev–Trinajstić information content (AvgIpc) is 2.83. The summed E-state index contributed by atoms with van der Waals surface area (Å²) in [6, 6.07) is 8.00. The lowest BCUT2D eigenvalue weighted by atomic mass is 10.2. The number of ether oxygens (including phenoxy) is 1. The molecule has 0 saturated carbocycles. The van der Waals surface area contributed by atoms with Crippen molar-refractivity contribution in [3.63, 3.8) is 0 Å². The number of fused-ring (bicyclic) bond motifs is 1. The summed E-state index contributed by atoms with van der Waals surface area (Å²) in [5.41, 5.74) is 1.06. The molecule has 0 aliphatic rings. The van der Waals surface area contributed by atoms with Crippen LogP contribution in [0.1, 0.15) is 10.4 Å². The number of thiophene rings is 1. The van der Waals surface area contributed by atoms with E-state index in [4.69, 9.17) is 4.74 Å². The van der Waals surface area contributed by atoms with E-state index in [0.29, 0.717) is 11.8 Å². The number of hydrogen-bond donors (Lipinski definition) is 1. The monoisotopic (exact) mass is 363 g/mol. The molecule has 2 aromatic heterocycles. The molecule has 1 aromatic carbocycles. The molecule has 0 bridgehead atoms. The van der Waals surface area contributed by atoms with Gasteiger partial charge in [0.1, 0.15) is 10.6 Å². The third kappa shape index (κ3) is 2.87. The van der Waals surface area contributed by atoms with E-state index in [1.54, 1.807) is 18.4 Å². The molecule has 0 radical (unpaired) electrons. The second-order valence-electron chi connectivity index (χ2n) is 4.69. The Morgan fingerprint density at radius 1 is 1.19 bits per heavy atom. The number of aryl methyl sites for hydroxylation is 2. The molecule has 0 aliphatic carbocycles. The molecule has 0 fully saturated rings. The van der Waals surface area contributed by atoms with Gasteiger partial charge in [0.2, 0.25) is 11.8 Å². The first-order valence-electron chi connectivity index (χ1n) is 6.47. The summed E-state index contributed by atoms with van der Waals surface area (Å²) < 4.78 is 7.02. The van der Waals surface area contributed by atoms with Crippen LogP contribution in [-0.2, 0) is 0 Å². The maximum Gasteiger partial charge on any atom is 0.232 e. The minimum Gasteiger partial charge on any atom is -0.438 e. The third-order valence-corrected chi connectivity index (χ3v) is 4.50. The van der Waals surface area contributed by atoms with Gasteiger partial charge in [0, 0.05) is 16.4 Å². The number of rotatable bonds is 3. The molecular formula is C15H14BrN3OS. The molecule has 2 heterocycles. The highest BCUT2D eigenvalue weighted by atomic mass is 79.9. The molecule has 0 atom stereocenters. The summed E-state index contributed by atoms with van der Waals surface area (Å²) in [6.07, 6.45) is 0. The van der Waals surface area contributed by atoms with Gasteiger partial charge in [-0.05, 0) is 37.6 Å². The van der Waals surface area contributed by atoms with Crippen molar-refractivity contribution < 1.29 is 4.74 Å². The molecule has 3 aromatic rings. The quantitative estimate of drug-likeness (QED) is 0.718. The fourth-order valence-electron chi connectivity index (χ4n) is 1.99. The van der Waals surface area contributed by atoms with E-state index in [-0.39, 0.29) is 0 Å². The van der Waals surface area contributed by atoms with Crippen molar-refractivity contribution in [2.75, 3.05) is 12.4 Å². The second kappa shape index (κ2) is 5.61. The number of hydrogen-bond acceptors (Lipinski definition) is 5. The fraction of sp³-hybridized carbons (Fsp3) is 0.200. The Balaban J connectivity index is 2.12. The van der Waals surface area contributed by atoms with Gasteiger partial charge in [0.25, 0.3) is 0 Å². The van der Waals surface area contributed by atoms with Crippen molar-refractivity contribution in [3.05, 3.63) is 39.2 Å². The van der Waals surface area contributed by atoms with Crippen LogP contribution in [0, 0.1) is 13.8 Å². The first-order chi connectivity index (χ1) is 10.1. The van der Waals surface area contributed by atoms with Gasteiger partial charge in [-0.25, -0.2) is 4.98 Å². The van der Waals surface area contributed by atoms with Crippen molar-refractivity contribution in [2.24, 2.45) is 0 Å². The molecule has 0 saturated heterocycles. The van der Waals surface area contributed by atoms with E-state index >= 15 is 0 Å². The van der Waals surface area contributed by atoms with Gasteiger partial charge in [0.15, 0.2) is 0 Å². The Hall–Kier alpha value is -1.66. The summed E-state index contributed by atoms with van der Waals surface area (Å²) in [5, 5.41) is 3.92. The van der Waals surface area contributed by atoms with Gasteiger partial charge in [-0.2, -0.15) is 4.98 Å². The number of aromatic nitrogens is 2. The van der Waals surface area contributed by atoms with Gasteiger partial charge in [0.05, 0.1) is 5.39 Å². The molecule has 21 heavy (non-hydrogen) atoms. The van der Waals surface area contributed by atoms with Crippen molar-refractivity contribution in [1.29, 1.82) is 0 Å². The minimum atomic E-state index is 0.562. The van der Waals surface area contributed by atoms with Crippen LogP contribution in [0.25, 0.3) is 10.2 Å². The van der Waals surface area contributed by atoms with E-state index in [0.717, 1.165) is 26.0 Å². The molecule has 4 nitrogen and oxygen atoms in total. The Labute approximate surface area is 135 Å². The summed E-state index contributed by atoms with van der Waals surface area (Å²) >= 11 is 5.10. The Bertz CT molecular complexity index is 816. The number of nitrogens with one attached hydrogen (secondary N) is 1. The third-order valence-electron chi connectivity index (χ3n) is 3.06. The van der Waals surface area contributed by atoms with E-state index < -0.39 is 0 Å². The highest BCUT2D eigenvalue weighted by Gasteiger charge is 2.13. The highest BCUT2D eigenvalue weighted by molar-refractivity contribution is 9.10. The van der Waals surface area contributed by atoms with Crippen LogP contribution >= 0.6 is 27.3 Å². The zero-order chi connectivity index (χ0) is 15.0. The maximum atomic E-state index is 6.04. The van der Waals surface area contributed by atoms with Crippen molar-refractivity contribution in [3.8, 4) is 11.6 Å². The van der Waals surface area contributed by atoms with Crippen LogP contribution in [0.15, 0.2) is 28.7 Å². The Morgan fingerprint density at radius 2 is 2.00 bits per heavy atom. The summed E-state index contributed by atoms with van der Waals surface area (Å²) in [5.74, 6) is 1.93. The molecule has 0 spiro atoms. The van der Waals surface area contributed by atoms with Gasteiger partial charge in [-0.3, -0.25) is 0 Å². The lowest BCUT2D eigenvalue weighted by molar-refractivity contribution is 0.465. The SMILES string of the molecule is CNc1nc(Oc2cc(Br)ccc2C)c2cc(C)sc2n1. The molecule has 3 rings (SSSR count). The predicted octanol–water partition coefficient (Wildman–Crippen LogP) is 4.90. The van der Waals surface area contributed by atoms with Crippen molar-refractivity contribution in [2.45, 2.75) is 13.8 Å². The summed E-state index contributed by atoms with van der Waals surface area (Å²) in [7, 11) is 1.80. The first kappa shape index (κ1) is 14.3. The average molecular weight is 364 g/mol. The fourth-order valence-corrected chi connectivity index (χ4v) is 3.20. The number of benzene rings is 1. The van der Waals surface area contributed by atoms with Gasteiger partial charge < -0.3 is 10.1 Å². The number of anilines is 1. The van der Waals surface area contributed by atoms with Crippen LogP contribution in [-0.4, -0.2) is 17.0 Å². The molecule has 0 unspecified atom stereocenters. The van der Waals surface area contributed by atoms with Crippen LogP contribution in [0.4, 0.5) is 5.95 Å². The second-order valence-corrected chi connectivity index (χ2v) is 6.84. The molecule has 108 valence electrons. The Kier molecular flexibility index (Phi) is 3.82. The van der Waals surface area contributed by atoms with Crippen LogP contribution in [0.2, 0.25) is 0 Å². The normalized spacial score (nSPS) is 10.9. The minimum absolute atomic E-state index is 0.562. The topological polar surface area (TPSA) is 47.0 Å². The van der Waals surface area contributed by atoms with Crippen molar-refractivity contribution >= 4 is 43.4 Å². The number of halogens is 1. The summed E-state index contributed by atoms with van der Waals surface area (Å²) in [4.78, 5) is 11.0. The zero-order valence-electron chi connectivity index (χ0n) is 11.9.